The maximum atomic E-state index is 11.5. The number of ketones is 1. The van der Waals surface area contributed by atoms with E-state index >= 15 is 0 Å². The van der Waals surface area contributed by atoms with E-state index in [1.807, 2.05) is 40.7 Å². The molecule has 1 N–H and O–H groups in total. The molecule has 0 saturated heterocycles. The third-order valence-electron chi connectivity index (χ3n) is 6.66. The number of hydrogen-bond acceptors (Lipinski definition) is 5. The molecule has 4 aromatic rings. The number of fused-ring (bicyclic) bond motifs is 3. The molecule has 207 valence electrons. The molecule has 38 heavy (non-hydrogen) atoms. The van der Waals surface area contributed by atoms with Crippen molar-refractivity contribution in [3.05, 3.63) is 64.7 Å². The summed E-state index contributed by atoms with van der Waals surface area (Å²) < 4.78 is 7.59. The van der Waals surface area contributed by atoms with E-state index in [0.717, 1.165) is 44.8 Å². The van der Waals surface area contributed by atoms with Crippen LogP contribution in [-0.2, 0) is 24.9 Å². The van der Waals surface area contributed by atoms with Gasteiger partial charge in [0.25, 0.3) is 0 Å². The van der Waals surface area contributed by atoms with Crippen molar-refractivity contribution in [3.8, 4) is 11.3 Å². The Hall–Kier alpha value is -2.76. The minimum atomic E-state index is -0.0490. The fourth-order valence-electron chi connectivity index (χ4n) is 4.76. The fraction of sp³-hybridized carbons (Fsp3) is 0.452. The van der Waals surface area contributed by atoms with E-state index in [0.29, 0.717) is 11.8 Å². The predicted octanol–water partition coefficient (Wildman–Crippen LogP) is 7.76. The predicted molar refractivity (Wildman–Crippen MR) is 150 cm³/mol. The van der Waals surface area contributed by atoms with Gasteiger partial charge < -0.3 is 14.6 Å². The van der Waals surface area contributed by atoms with E-state index in [1.165, 1.54) is 11.6 Å². The first-order valence-corrected chi connectivity index (χ1v) is 13.0. The third-order valence-corrected chi connectivity index (χ3v) is 6.66. The number of nitrogens with zero attached hydrogens (tertiary/aromatic N) is 3. The second kappa shape index (κ2) is 12.9. The summed E-state index contributed by atoms with van der Waals surface area (Å²) in [5.74, 6) is 1.85. The van der Waals surface area contributed by atoms with Gasteiger partial charge in [-0.05, 0) is 31.7 Å². The van der Waals surface area contributed by atoms with Crippen LogP contribution in [0.5, 0.6) is 0 Å². The van der Waals surface area contributed by atoms with Crippen LogP contribution in [-0.4, -0.2) is 25.4 Å². The molecule has 6 nitrogen and oxygen atoms in total. The van der Waals surface area contributed by atoms with Gasteiger partial charge in [0.1, 0.15) is 11.3 Å². The molecule has 0 aliphatic heterocycles. The second-order valence-corrected chi connectivity index (χ2v) is 10.9. The smallest absolute Gasteiger partial charge is 0.175 e. The summed E-state index contributed by atoms with van der Waals surface area (Å²) in [6.45, 7) is 20.0. The molecule has 0 spiro atoms. The number of aliphatic hydroxyl groups excluding tert-OH is 1. The quantitative estimate of drug-likeness (QED) is 0.127. The van der Waals surface area contributed by atoms with Crippen LogP contribution in [0.4, 0.5) is 0 Å². The number of aryl methyl sites for hydroxylation is 4. The Balaban J connectivity index is 0.000000282. The molecule has 0 aliphatic carbocycles. The third kappa shape index (κ3) is 6.81. The minimum Gasteiger partial charge on any atom is -0.512 e. The van der Waals surface area contributed by atoms with Crippen molar-refractivity contribution < 1.29 is 34.5 Å². The first-order valence-electron chi connectivity index (χ1n) is 13.0. The first-order chi connectivity index (χ1) is 17.3. The second-order valence-electron chi connectivity index (χ2n) is 10.9. The van der Waals surface area contributed by atoms with Crippen molar-refractivity contribution >= 4 is 22.5 Å². The molecule has 1 aromatic carbocycles. The van der Waals surface area contributed by atoms with Gasteiger partial charge in [-0.3, -0.25) is 4.79 Å². The van der Waals surface area contributed by atoms with Gasteiger partial charge in [-0.2, -0.15) is 4.57 Å². The summed E-state index contributed by atoms with van der Waals surface area (Å²) in [5, 5.41) is 9.91. The average molecular weight is 695 g/mol. The van der Waals surface area contributed by atoms with E-state index in [1.54, 1.807) is 10.8 Å². The molecule has 0 saturated carbocycles. The number of allylic oxidation sites excluding steroid dienone is 2. The van der Waals surface area contributed by atoms with Crippen LogP contribution in [0.15, 0.2) is 40.8 Å². The van der Waals surface area contributed by atoms with Crippen LogP contribution in [0.25, 0.3) is 27.9 Å². The number of pyridine rings is 1. The van der Waals surface area contributed by atoms with Gasteiger partial charge in [0, 0.05) is 55.5 Å². The van der Waals surface area contributed by atoms with Crippen LogP contribution in [0.2, 0.25) is 0 Å². The maximum absolute atomic E-state index is 11.5. The zero-order valence-corrected chi connectivity index (χ0v) is 26.5. The van der Waals surface area contributed by atoms with Gasteiger partial charge in [-0.15, -0.1) is 34.9 Å². The van der Waals surface area contributed by atoms with Crippen LogP contribution >= 0.6 is 0 Å². The molecule has 0 aliphatic rings. The molecular formula is C31H40IrN3O3-. The number of carbonyl (C=O) groups excluding carboxylic acids is 1. The monoisotopic (exact) mass is 695 g/mol. The maximum Gasteiger partial charge on any atom is 0.175 e. The van der Waals surface area contributed by atoms with E-state index < -0.39 is 0 Å². The van der Waals surface area contributed by atoms with Gasteiger partial charge >= 0.3 is 0 Å². The summed E-state index contributed by atoms with van der Waals surface area (Å²) in [4.78, 5) is 20.8. The zero-order valence-electron chi connectivity index (χ0n) is 24.1. The molecule has 0 unspecified atom stereocenters. The van der Waals surface area contributed by atoms with Crippen LogP contribution in [0, 0.1) is 57.4 Å². The minimum absolute atomic E-state index is 0. The first kappa shape index (κ1) is 31.5. The van der Waals surface area contributed by atoms with Crippen LogP contribution in [0.1, 0.15) is 64.0 Å². The Morgan fingerprint density at radius 2 is 1.68 bits per heavy atom. The molecule has 3 heterocycles. The Labute approximate surface area is 239 Å². The Morgan fingerprint density at radius 3 is 2.24 bits per heavy atom. The summed E-state index contributed by atoms with van der Waals surface area (Å²) in [6, 6.07) is 9.51. The Morgan fingerprint density at radius 1 is 1.05 bits per heavy atom. The number of imidazole rings is 1. The van der Waals surface area contributed by atoms with Crippen molar-refractivity contribution in [1.82, 2.24) is 14.5 Å². The molecule has 0 amide bonds. The number of aliphatic hydroxyl groups is 1. The SMILES string of the molecule is CC(C)C(=O)/C=C(\O)C(C(C)C)C(C)C.Cc1[c-]c(-c2nccc3c2nc2c(C)c(C)on23)cc(C)c1.[Ir]. The van der Waals surface area contributed by atoms with Crippen molar-refractivity contribution in [1.29, 1.82) is 0 Å². The summed E-state index contributed by atoms with van der Waals surface area (Å²) in [6.07, 6.45) is 3.19. The van der Waals surface area contributed by atoms with Crippen molar-refractivity contribution in [3.63, 3.8) is 0 Å². The van der Waals surface area contributed by atoms with E-state index in [2.05, 4.69) is 57.8 Å². The normalized spacial score (nSPS) is 12.0. The summed E-state index contributed by atoms with van der Waals surface area (Å²) in [5.41, 5.74) is 7.81. The summed E-state index contributed by atoms with van der Waals surface area (Å²) >= 11 is 0. The molecule has 1 radical (unpaired) electrons. The molecule has 0 fully saturated rings. The number of hydrogen-bond donors (Lipinski definition) is 1. The van der Waals surface area contributed by atoms with Gasteiger partial charge in [0.15, 0.2) is 11.4 Å². The Kier molecular flexibility index (Phi) is 10.6. The Bertz CT molecular complexity index is 1420. The zero-order chi connectivity index (χ0) is 27.6. The number of carbonyl (C=O) groups is 1. The standard InChI is InChI=1S/C18H16N3O.C13H24O2.Ir/c1-10-7-11(2)9-14(8-10)16-17-15(5-6-19-16)21-18(20-17)12(3)13(4)22-21;1-8(2)11(14)7-12(15)13(9(3)4)10(5)6;/h5-8H,1-4H3;7-10,13,15H,1-6H3;/q-1;;/b;12-7-;. The van der Waals surface area contributed by atoms with E-state index in [-0.39, 0.29) is 43.5 Å². The van der Waals surface area contributed by atoms with Crippen molar-refractivity contribution in [2.75, 3.05) is 0 Å². The topological polar surface area (TPSA) is 80.6 Å². The molecule has 4 rings (SSSR count). The molecule has 0 bridgehead atoms. The largest absolute Gasteiger partial charge is 0.512 e. The van der Waals surface area contributed by atoms with E-state index in [4.69, 9.17) is 9.51 Å². The number of benzene rings is 1. The van der Waals surface area contributed by atoms with E-state index in [9.17, 15) is 9.90 Å². The van der Waals surface area contributed by atoms with Gasteiger partial charge in [-0.1, -0.05) is 55.4 Å². The summed E-state index contributed by atoms with van der Waals surface area (Å²) in [7, 11) is 0. The van der Waals surface area contributed by atoms with Crippen LogP contribution in [0.3, 0.4) is 0 Å². The van der Waals surface area contributed by atoms with Crippen LogP contribution < -0.4 is 0 Å². The van der Waals surface area contributed by atoms with Gasteiger partial charge in [0.2, 0.25) is 0 Å². The fourth-order valence-corrected chi connectivity index (χ4v) is 4.76. The number of rotatable bonds is 6. The van der Waals surface area contributed by atoms with Gasteiger partial charge in [-0.25, -0.2) is 4.98 Å². The van der Waals surface area contributed by atoms with Crippen molar-refractivity contribution in [2.24, 2.45) is 23.7 Å². The average Bonchev–Trinajstić information content (AvgIpc) is 3.28. The number of aromatic nitrogens is 3. The molecule has 0 atom stereocenters. The van der Waals surface area contributed by atoms with Crippen molar-refractivity contribution in [2.45, 2.75) is 69.2 Å². The molecule has 3 aromatic heterocycles. The molecular weight excluding hydrogens is 655 g/mol. The van der Waals surface area contributed by atoms with Gasteiger partial charge in [0.05, 0.1) is 11.3 Å². The molecule has 7 heteroatoms.